The number of nitrogens with two attached hydrogens (primary N) is 1. The Bertz CT molecular complexity index is 1940. The van der Waals surface area contributed by atoms with Crippen LogP contribution >= 0.6 is 0 Å². The summed E-state index contributed by atoms with van der Waals surface area (Å²) in [5.41, 5.74) is 7.32. The summed E-state index contributed by atoms with van der Waals surface area (Å²) in [6, 6.07) is 21.0. The Morgan fingerprint density at radius 1 is 0.977 bits per heavy atom. The summed E-state index contributed by atoms with van der Waals surface area (Å²) in [7, 11) is 0. The highest BCUT2D eigenvalue weighted by atomic mass is 19.2. The molecule has 3 aromatic carbocycles. The molecule has 2 aromatic heterocycles. The van der Waals surface area contributed by atoms with Crippen LogP contribution in [-0.2, 0) is 9.53 Å². The van der Waals surface area contributed by atoms with Gasteiger partial charge >= 0.3 is 5.97 Å². The number of hydrogen-bond acceptors (Lipinski definition) is 8. The largest absolute Gasteiger partial charge is 0.459 e. The van der Waals surface area contributed by atoms with Crippen molar-refractivity contribution in [1.82, 2.24) is 15.4 Å². The van der Waals surface area contributed by atoms with E-state index in [1.54, 1.807) is 60.7 Å². The van der Waals surface area contributed by atoms with Gasteiger partial charge in [0.05, 0.1) is 16.8 Å². The second-order valence-corrected chi connectivity index (χ2v) is 9.38. The molecule has 0 saturated heterocycles. The number of amides is 2. The first kappa shape index (κ1) is 29.5. The van der Waals surface area contributed by atoms with Crippen molar-refractivity contribution in [2.45, 2.75) is 6.10 Å². The number of H-pyrrole nitrogens is 1. The van der Waals surface area contributed by atoms with Crippen LogP contribution in [0.25, 0.3) is 22.2 Å². The number of anilines is 2. The highest BCUT2D eigenvalue weighted by molar-refractivity contribution is 6.11. The maximum atomic E-state index is 14.0. The van der Waals surface area contributed by atoms with Gasteiger partial charge in [0, 0.05) is 17.3 Å². The number of pyridine rings is 2. The number of hydrazine groups is 1. The first-order valence-electron chi connectivity index (χ1n) is 13.0. The third kappa shape index (κ3) is 5.98. The van der Waals surface area contributed by atoms with E-state index in [4.69, 9.17) is 10.5 Å². The molecule has 2 heterocycles. The Balaban J connectivity index is 1.74. The number of benzene rings is 3. The van der Waals surface area contributed by atoms with E-state index in [-0.39, 0.29) is 27.8 Å². The summed E-state index contributed by atoms with van der Waals surface area (Å²) < 4.78 is 32.7. The fraction of sp³-hybridized carbons (Fsp3) is 0.0645. The van der Waals surface area contributed by atoms with Crippen LogP contribution in [0.3, 0.4) is 0 Å². The van der Waals surface area contributed by atoms with Crippen LogP contribution in [0.4, 0.5) is 20.2 Å². The van der Waals surface area contributed by atoms with E-state index in [0.29, 0.717) is 11.3 Å². The lowest BCUT2D eigenvalue weighted by Crippen LogP contribution is -2.39. The summed E-state index contributed by atoms with van der Waals surface area (Å²) in [4.78, 5) is 58.1. The van der Waals surface area contributed by atoms with Crippen molar-refractivity contribution in [3.8, 4) is 11.1 Å². The molecule has 1 atom stereocenters. The number of ether oxygens (including phenoxy) is 1. The fourth-order valence-electron chi connectivity index (χ4n) is 4.43. The van der Waals surface area contributed by atoms with E-state index < -0.39 is 53.3 Å². The number of fused-ring (bicyclic) bond motifs is 1. The van der Waals surface area contributed by atoms with Crippen LogP contribution < -0.4 is 21.7 Å². The van der Waals surface area contributed by atoms with Crippen molar-refractivity contribution in [3.05, 3.63) is 124 Å². The summed E-state index contributed by atoms with van der Waals surface area (Å²) in [5, 5.41) is 11.3. The molecule has 5 rings (SSSR count). The van der Waals surface area contributed by atoms with Crippen LogP contribution in [0.5, 0.6) is 0 Å². The normalized spacial score (nSPS) is 11.5. The second-order valence-electron chi connectivity index (χ2n) is 9.38. The maximum absolute atomic E-state index is 14.0. The molecule has 13 heteroatoms. The molecule has 0 unspecified atom stereocenters. The second kappa shape index (κ2) is 12.5. The van der Waals surface area contributed by atoms with Crippen LogP contribution in [0.1, 0.15) is 20.7 Å². The van der Waals surface area contributed by atoms with Crippen LogP contribution in [0.15, 0.2) is 95.9 Å². The average Bonchev–Trinajstić information content (AvgIpc) is 3.03. The number of rotatable bonds is 9. The number of carbonyl (C=O) groups is 3. The number of halogens is 2. The number of aliphatic hydroxyl groups is 1. The topological polar surface area (TPSA) is 168 Å². The summed E-state index contributed by atoms with van der Waals surface area (Å²) in [6.45, 7) is -0.805. The van der Waals surface area contributed by atoms with Crippen molar-refractivity contribution in [2.75, 3.05) is 11.6 Å². The van der Waals surface area contributed by atoms with Crippen LogP contribution in [0, 0.1) is 11.6 Å². The third-order valence-corrected chi connectivity index (χ3v) is 6.51. The van der Waals surface area contributed by atoms with E-state index in [0.717, 1.165) is 18.2 Å². The highest BCUT2D eigenvalue weighted by Gasteiger charge is 2.28. The number of para-hydroxylation sites is 1. The summed E-state index contributed by atoms with van der Waals surface area (Å²) in [5.74, 6) is -5.44. The number of nitrogens with one attached hydrogen (secondary N) is 2. The molecule has 0 aliphatic carbocycles. The predicted octanol–water partition coefficient (Wildman–Crippen LogP) is 3.35. The van der Waals surface area contributed by atoms with Gasteiger partial charge in [0.1, 0.15) is 17.8 Å². The molecule has 0 aliphatic rings. The molecule has 11 nitrogen and oxygen atoms in total. The van der Waals surface area contributed by atoms with Gasteiger partial charge in [-0.05, 0) is 42.0 Å². The summed E-state index contributed by atoms with van der Waals surface area (Å²) >= 11 is 0. The Morgan fingerprint density at radius 2 is 1.66 bits per heavy atom. The molecule has 2 amide bonds. The van der Waals surface area contributed by atoms with E-state index in [9.17, 15) is 33.1 Å². The molecule has 5 N–H and O–H groups in total. The third-order valence-electron chi connectivity index (χ3n) is 6.51. The van der Waals surface area contributed by atoms with Crippen molar-refractivity contribution < 1.29 is 33.0 Å². The predicted molar refractivity (Wildman–Crippen MR) is 156 cm³/mol. The quantitative estimate of drug-likeness (QED) is 0.148. The number of nitrogens with zero attached hydrogens (tertiary/aromatic N) is 2. The Morgan fingerprint density at radius 3 is 2.32 bits per heavy atom. The number of carbonyl (C=O) groups excluding carboxylic acids is 3. The maximum Gasteiger partial charge on any atom is 0.344 e. The van der Waals surface area contributed by atoms with E-state index in [2.05, 4.69) is 15.4 Å². The first-order chi connectivity index (χ1) is 21.2. The molecule has 0 spiro atoms. The number of esters is 1. The molecule has 222 valence electrons. The van der Waals surface area contributed by atoms with Gasteiger partial charge in [-0.15, -0.1) is 0 Å². The molecular formula is C31H23F2N5O6. The molecule has 0 fully saturated rings. The van der Waals surface area contributed by atoms with Gasteiger partial charge < -0.3 is 20.6 Å². The lowest BCUT2D eigenvalue weighted by molar-refractivity contribution is -0.127. The molecule has 0 saturated carbocycles. The molecule has 5 aromatic rings. The standard InChI is InChI=1S/C31H23F2N5O6/c32-20-12-11-18(15-21(20)33)29(41)37-38(19-9-5-2-6-10-19)22-13-14-35-28-25(22)24(17-7-3-1-4-8-17)26(30(42)36-28)31(43)44-16-23(39)27(34)40/h1-15,23,39H,16H2,(H2,34,40)(H,37,41)(H,35,36,42)/t23-/m0/s1. The number of primary amides is 1. The van der Waals surface area contributed by atoms with Crippen molar-refractivity contribution in [2.24, 2.45) is 5.73 Å². The van der Waals surface area contributed by atoms with Gasteiger partial charge in [-0.3, -0.25) is 24.8 Å². The SMILES string of the molecule is NC(=O)[C@@H](O)COC(=O)c1c(-c2ccccc2)c2c(N(NC(=O)c3ccc(F)c(F)c3)c3ccccc3)ccnc2[nH]c1=O. The Labute approximate surface area is 247 Å². The van der Waals surface area contributed by atoms with Crippen LogP contribution in [-0.4, -0.2) is 45.6 Å². The van der Waals surface area contributed by atoms with Gasteiger partial charge in [-0.1, -0.05) is 48.5 Å². The molecule has 44 heavy (non-hydrogen) atoms. The number of aromatic amines is 1. The van der Waals surface area contributed by atoms with Crippen molar-refractivity contribution in [1.29, 1.82) is 0 Å². The van der Waals surface area contributed by atoms with Gasteiger partial charge in [0.2, 0.25) is 5.91 Å². The monoisotopic (exact) mass is 599 g/mol. The number of aromatic nitrogens is 2. The zero-order valence-electron chi connectivity index (χ0n) is 22.7. The zero-order chi connectivity index (χ0) is 31.4. The Kier molecular flexibility index (Phi) is 8.40. The minimum atomic E-state index is -1.81. The first-order valence-corrected chi connectivity index (χ1v) is 13.0. The Hall–Kier alpha value is -5.95. The highest BCUT2D eigenvalue weighted by Crippen LogP contribution is 2.37. The van der Waals surface area contributed by atoms with E-state index in [1.807, 2.05) is 0 Å². The van der Waals surface area contributed by atoms with Gasteiger partial charge in [-0.25, -0.2) is 18.6 Å². The van der Waals surface area contributed by atoms with Gasteiger partial charge in [0.25, 0.3) is 11.5 Å². The molecular weight excluding hydrogens is 576 g/mol. The molecule has 0 radical (unpaired) electrons. The zero-order valence-corrected chi connectivity index (χ0v) is 22.7. The number of hydrogen-bond donors (Lipinski definition) is 4. The van der Waals surface area contributed by atoms with E-state index in [1.165, 1.54) is 17.3 Å². The van der Waals surface area contributed by atoms with Gasteiger partial charge in [-0.2, -0.15) is 0 Å². The number of aliphatic hydroxyl groups excluding tert-OH is 1. The lowest BCUT2D eigenvalue weighted by Gasteiger charge is -2.27. The summed E-state index contributed by atoms with van der Waals surface area (Å²) in [6.07, 6.45) is -0.445. The average molecular weight is 600 g/mol. The molecule has 0 bridgehead atoms. The van der Waals surface area contributed by atoms with Gasteiger partial charge in [0.15, 0.2) is 17.7 Å². The van der Waals surface area contributed by atoms with Crippen LogP contribution in [0.2, 0.25) is 0 Å². The fourth-order valence-corrected chi connectivity index (χ4v) is 4.43. The molecule has 0 aliphatic heterocycles. The minimum absolute atomic E-state index is 0.0306. The van der Waals surface area contributed by atoms with E-state index >= 15 is 0 Å². The lowest BCUT2D eigenvalue weighted by atomic mass is 9.96. The smallest absolute Gasteiger partial charge is 0.344 e. The van der Waals surface area contributed by atoms with Crippen molar-refractivity contribution >= 4 is 40.2 Å². The van der Waals surface area contributed by atoms with Crippen molar-refractivity contribution in [3.63, 3.8) is 0 Å². The minimum Gasteiger partial charge on any atom is -0.459 e.